The first-order valence-corrected chi connectivity index (χ1v) is 6.55. The molecule has 0 radical (unpaired) electrons. The SMILES string of the molecule is CC1CNC(C2CC2)CN1Cc1ccncn1. The third-order valence-electron chi connectivity index (χ3n) is 3.93. The summed E-state index contributed by atoms with van der Waals surface area (Å²) < 4.78 is 0. The van der Waals surface area contributed by atoms with Crippen molar-refractivity contribution in [1.82, 2.24) is 20.2 Å². The van der Waals surface area contributed by atoms with Crippen LogP contribution >= 0.6 is 0 Å². The van der Waals surface area contributed by atoms with Crippen molar-refractivity contribution in [3.63, 3.8) is 0 Å². The molecule has 1 saturated carbocycles. The van der Waals surface area contributed by atoms with Crippen molar-refractivity contribution in [1.29, 1.82) is 0 Å². The predicted octanol–water partition coefficient (Wildman–Crippen LogP) is 1.05. The normalized spacial score (nSPS) is 30.4. The highest BCUT2D eigenvalue weighted by Gasteiger charge is 2.35. The van der Waals surface area contributed by atoms with Gasteiger partial charge in [-0.2, -0.15) is 0 Å². The molecule has 2 fully saturated rings. The van der Waals surface area contributed by atoms with Crippen molar-refractivity contribution in [2.45, 2.75) is 38.4 Å². The monoisotopic (exact) mass is 232 g/mol. The summed E-state index contributed by atoms with van der Waals surface area (Å²) in [6, 6.07) is 3.31. The molecular formula is C13H20N4. The van der Waals surface area contributed by atoms with E-state index in [1.807, 2.05) is 12.3 Å². The second kappa shape index (κ2) is 4.70. The summed E-state index contributed by atoms with van der Waals surface area (Å²) in [6.45, 7) is 5.51. The van der Waals surface area contributed by atoms with Crippen LogP contribution in [0.25, 0.3) is 0 Å². The van der Waals surface area contributed by atoms with Crippen LogP contribution in [0.5, 0.6) is 0 Å². The van der Waals surface area contributed by atoms with E-state index in [4.69, 9.17) is 0 Å². The van der Waals surface area contributed by atoms with Crippen LogP contribution in [0.3, 0.4) is 0 Å². The summed E-state index contributed by atoms with van der Waals surface area (Å²) in [6.07, 6.45) is 6.29. The lowest BCUT2D eigenvalue weighted by Crippen LogP contribution is -2.55. The molecule has 2 heterocycles. The van der Waals surface area contributed by atoms with Gasteiger partial charge in [0.2, 0.25) is 0 Å². The van der Waals surface area contributed by atoms with Crippen LogP contribution in [0.1, 0.15) is 25.5 Å². The third kappa shape index (κ3) is 2.64. The van der Waals surface area contributed by atoms with Gasteiger partial charge in [-0.25, -0.2) is 9.97 Å². The summed E-state index contributed by atoms with van der Waals surface area (Å²) >= 11 is 0. The lowest BCUT2D eigenvalue weighted by Gasteiger charge is -2.38. The van der Waals surface area contributed by atoms with Gasteiger partial charge in [-0.1, -0.05) is 0 Å². The molecule has 1 aliphatic carbocycles. The van der Waals surface area contributed by atoms with E-state index in [1.54, 1.807) is 6.33 Å². The molecule has 1 aromatic heterocycles. The van der Waals surface area contributed by atoms with E-state index in [1.165, 1.54) is 12.8 Å². The van der Waals surface area contributed by atoms with Gasteiger partial charge >= 0.3 is 0 Å². The Hall–Kier alpha value is -1.00. The smallest absolute Gasteiger partial charge is 0.115 e. The van der Waals surface area contributed by atoms with Gasteiger partial charge in [0.05, 0.1) is 5.69 Å². The van der Waals surface area contributed by atoms with Gasteiger partial charge in [0.25, 0.3) is 0 Å². The number of rotatable bonds is 3. The first kappa shape index (κ1) is 11.1. The van der Waals surface area contributed by atoms with Crippen molar-refractivity contribution in [2.75, 3.05) is 13.1 Å². The first-order chi connectivity index (χ1) is 8.33. The van der Waals surface area contributed by atoms with Gasteiger partial charge < -0.3 is 5.32 Å². The van der Waals surface area contributed by atoms with Crippen LogP contribution in [-0.2, 0) is 6.54 Å². The van der Waals surface area contributed by atoms with Gasteiger partial charge in [-0.15, -0.1) is 0 Å². The molecule has 1 aromatic rings. The fourth-order valence-electron chi connectivity index (χ4n) is 2.60. The fourth-order valence-corrected chi connectivity index (χ4v) is 2.60. The number of aromatic nitrogens is 2. The minimum atomic E-state index is 0.597. The van der Waals surface area contributed by atoms with Gasteiger partial charge in [0, 0.05) is 37.9 Å². The minimum absolute atomic E-state index is 0.597. The molecule has 2 aliphatic rings. The Morgan fingerprint density at radius 1 is 1.47 bits per heavy atom. The molecule has 2 unspecified atom stereocenters. The van der Waals surface area contributed by atoms with Crippen molar-refractivity contribution >= 4 is 0 Å². The Bertz CT molecular complexity index is 363. The maximum atomic E-state index is 4.32. The summed E-state index contributed by atoms with van der Waals surface area (Å²) in [4.78, 5) is 10.8. The van der Waals surface area contributed by atoms with E-state index in [0.717, 1.165) is 31.2 Å². The molecule has 0 spiro atoms. The molecule has 17 heavy (non-hydrogen) atoms. The first-order valence-electron chi connectivity index (χ1n) is 6.55. The average molecular weight is 232 g/mol. The van der Waals surface area contributed by atoms with E-state index in [-0.39, 0.29) is 0 Å². The molecular weight excluding hydrogens is 212 g/mol. The van der Waals surface area contributed by atoms with E-state index in [0.29, 0.717) is 12.1 Å². The van der Waals surface area contributed by atoms with Crippen LogP contribution in [-0.4, -0.2) is 40.0 Å². The number of hydrogen-bond donors (Lipinski definition) is 1. The quantitative estimate of drug-likeness (QED) is 0.845. The lowest BCUT2D eigenvalue weighted by molar-refractivity contribution is 0.124. The molecule has 0 bridgehead atoms. The summed E-state index contributed by atoms with van der Waals surface area (Å²) in [7, 11) is 0. The highest BCUT2D eigenvalue weighted by atomic mass is 15.2. The molecule has 3 rings (SSSR count). The second-order valence-electron chi connectivity index (χ2n) is 5.33. The van der Waals surface area contributed by atoms with E-state index in [9.17, 15) is 0 Å². The van der Waals surface area contributed by atoms with E-state index < -0.39 is 0 Å². The van der Waals surface area contributed by atoms with Crippen molar-refractivity contribution < 1.29 is 0 Å². The van der Waals surface area contributed by atoms with Gasteiger partial charge in [-0.3, -0.25) is 4.90 Å². The molecule has 1 N–H and O–H groups in total. The Kier molecular flexibility index (Phi) is 3.07. The highest BCUT2D eigenvalue weighted by molar-refractivity contribution is 5.00. The summed E-state index contributed by atoms with van der Waals surface area (Å²) in [5.74, 6) is 0.926. The van der Waals surface area contributed by atoms with E-state index in [2.05, 4.69) is 27.1 Å². The zero-order valence-corrected chi connectivity index (χ0v) is 10.3. The molecule has 0 aromatic carbocycles. The lowest BCUT2D eigenvalue weighted by atomic mass is 10.1. The molecule has 0 amide bonds. The highest BCUT2D eigenvalue weighted by Crippen LogP contribution is 2.34. The number of nitrogens with one attached hydrogen (secondary N) is 1. The van der Waals surface area contributed by atoms with Crippen LogP contribution in [0.4, 0.5) is 0 Å². The van der Waals surface area contributed by atoms with Gasteiger partial charge in [0.1, 0.15) is 6.33 Å². The van der Waals surface area contributed by atoms with Crippen molar-refractivity contribution in [3.8, 4) is 0 Å². The maximum Gasteiger partial charge on any atom is 0.115 e. The third-order valence-corrected chi connectivity index (χ3v) is 3.93. The molecule has 2 atom stereocenters. The fraction of sp³-hybridized carbons (Fsp3) is 0.692. The Balaban J connectivity index is 1.64. The minimum Gasteiger partial charge on any atom is -0.311 e. The Morgan fingerprint density at radius 3 is 3.06 bits per heavy atom. The topological polar surface area (TPSA) is 41.0 Å². The molecule has 1 aliphatic heterocycles. The molecule has 4 heteroatoms. The van der Waals surface area contributed by atoms with Crippen LogP contribution in [0, 0.1) is 5.92 Å². The Morgan fingerprint density at radius 2 is 2.35 bits per heavy atom. The van der Waals surface area contributed by atoms with E-state index >= 15 is 0 Å². The number of nitrogens with zero attached hydrogens (tertiary/aromatic N) is 3. The number of piperazine rings is 1. The molecule has 92 valence electrons. The molecule has 1 saturated heterocycles. The summed E-state index contributed by atoms with van der Waals surface area (Å²) in [5, 5.41) is 3.67. The molecule has 4 nitrogen and oxygen atoms in total. The second-order valence-corrected chi connectivity index (χ2v) is 5.33. The summed E-state index contributed by atoms with van der Waals surface area (Å²) in [5.41, 5.74) is 1.13. The predicted molar refractivity (Wildman–Crippen MR) is 66.4 cm³/mol. The zero-order chi connectivity index (χ0) is 11.7. The van der Waals surface area contributed by atoms with Crippen LogP contribution in [0.2, 0.25) is 0 Å². The number of hydrogen-bond acceptors (Lipinski definition) is 4. The maximum absolute atomic E-state index is 4.32. The standard InChI is InChI=1S/C13H20N4/c1-10-6-15-13(11-2-3-11)8-17(10)7-12-4-5-14-9-16-12/h4-5,9-11,13,15H,2-3,6-8H2,1H3. The van der Waals surface area contributed by atoms with Crippen LogP contribution < -0.4 is 5.32 Å². The van der Waals surface area contributed by atoms with Crippen molar-refractivity contribution in [3.05, 3.63) is 24.3 Å². The van der Waals surface area contributed by atoms with Crippen LogP contribution in [0.15, 0.2) is 18.6 Å². The van der Waals surface area contributed by atoms with Gasteiger partial charge in [0.15, 0.2) is 0 Å². The zero-order valence-electron chi connectivity index (χ0n) is 10.3. The van der Waals surface area contributed by atoms with Gasteiger partial charge in [-0.05, 0) is 31.7 Å². The van der Waals surface area contributed by atoms with Crippen molar-refractivity contribution in [2.24, 2.45) is 5.92 Å². The Labute approximate surface area is 102 Å². The largest absolute Gasteiger partial charge is 0.311 e. The average Bonchev–Trinajstić information content (AvgIpc) is 3.17.